The van der Waals surface area contributed by atoms with Crippen LogP contribution in [0, 0.1) is 13.8 Å². The van der Waals surface area contributed by atoms with Gasteiger partial charge in [0.2, 0.25) is 5.91 Å². The number of carbonyl (C=O) groups excluding carboxylic acids is 1. The van der Waals surface area contributed by atoms with Crippen LogP contribution in [0.1, 0.15) is 11.1 Å². The monoisotopic (exact) mass is 373 g/mol. The first-order valence-electron chi connectivity index (χ1n) is 8.88. The Morgan fingerprint density at radius 3 is 2.50 bits per heavy atom. The predicted octanol–water partition coefficient (Wildman–Crippen LogP) is 2.84. The Kier molecular flexibility index (Phi) is 4.49. The van der Waals surface area contributed by atoms with Gasteiger partial charge < -0.3 is 5.32 Å². The summed E-state index contributed by atoms with van der Waals surface area (Å²) in [7, 11) is 0. The van der Waals surface area contributed by atoms with Crippen molar-refractivity contribution in [1.82, 2.24) is 19.3 Å². The molecule has 0 aliphatic rings. The summed E-state index contributed by atoms with van der Waals surface area (Å²) in [5.74, 6) is -0.288. The van der Waals surface area contributed by atoms with Crippen LogP contribution in [0.5, 0.6) is 0 Å². The van der Waals surface area contributed by atoms with E-state index < -0.39 is 0 Å². The summed E-state index contributed by atoms with van der Waals surface area (Å²) in [5, 5.41) is 7.47. The van der Waals surface area contributed by atoms with E-state index in [0.29, 0.717) is 16.7 Å². The molecule has 7 heteroatoms. The van der Waals surface area contributed by atoms with Crippen LogP contribution in [0.15, 0.2) is 65.8 Å². The number of hydrogen-bond donors (Lipinski definition) is 1. The smallest absolute Gasteiger partial charge is 0.264 e. The first-order chi connectivity index (χ1) is 13.5. The molecule has 1 N–H and O–H groups in total. The second kappa shape index (κ2) is 7.11. The van der Waals surface area contributed by atoms with E-state index in [0.717, 1.165) is 16.8 Å². The zero-order chi connectivity index (χ0) is 19.7. The Bertz CT molecular complexity index is 1200. The maximum absolute atomic E-state index is 12.8. The molecule has 0 bridgehead atoms. The van der Waals surface area contributed by atoms with Crippen LogP contribution >= 0.6 is 0 Å². The third-order valence-corrected chi connectivity index (χ3v) is 4.37. The molecule has 0 radical (unpaired) electrons. The molecule has 7 nitrogen and oxygen atoms in total. The minimum absolute atomic E-state index is 0.120. The summed E-state index contributed by atoms with van der Waals surface area (Å²) < 4.78 is 2.90. The highest BCUT2D eigenvalue weighted by atomic mass is 16.2. The molecule has 1 amide bonds. The van der Waals surface area contributed by atoms with Gasteiger partial charge in [0, 0.05) is 5.69 Å². The largest absolute Gasteiger partial charge is 0.325 e. The van der Waals surface area contributed by atoms with E-state index in [9.17, 15) is 9.59 Å². The van der Waals surface area contributed by atoms with Crippen molar-refractivity contribution in [2.75, 3.05) is 5.32 Å². The van der Waals surface area contributed by atoms with Gasteiger partial charge in [0.15, 0.2) is 5.65 Å². The lowest BCUT2D eigenvalue weighted by atomic mass is 10.1. The van der Waals surface area contributed by atoms with E-state index in [4.69, 9.17) is 0 Å². The molecule has 28 heavy (non-hydrogen) atoms. The number of hydrogen-bond acceptors (Lipinski definition) is 4. The second-order valence-corrected chi connectivity index (χ2v) is 6.73. The molecule has 0 aliphatic carbocycles. The number of aromatic nitrogens is 4. The zero-order valence-electron chi connectivity index (χ0n) is 15.6. The average molecular weight is 373 g/mol. The average Bonchev–Trinajstić information content (AvgIpc) is 3.09. The van der Waals surface area contributed by atoms with Gasteiger partial charge in [0.1, 0.15) is 18.3 Å². The number of carbonyl (C=O) groups is 1. The third kappa shape index (κ3) is 3.42. The topological polar surface area (TPSA) is 81.8 Å². The van der Waals surface area contributed by atoms with Gasteiger partial charge in [-0.05, 0) is 49.2 Å². The molecule has 0 saturated heterocycles. The molecule has 4 rings (SSSR count). The molecular formula is C21H19N5O2. The standard InChI is InChI=1S/C21H19N5O2/c1-14-8-15(2)10-16(9-14)24-19(27)12-25-13-22-20-18(21(25)28)11-23-26(20)17-6-4-3-5-7-17/h3-11,13H,12H2,1-2H3,(H,24,27). The maximum Gasteiger partial charge on any atom is 0.264 e. The number of benzene rings is 2. The quantitative estimate of drug-likeness (QED) is 0.596. The van der Waals surface area contributed by atoms with Crippen LogP contribution < -0.4 is 10.9 Å². The van der Waals surface area contributed by atoms with Crippen molar-refractivity contribution in [3.63, 3.8) is 0 Å². The van der Waals surface area contributed by atoms with E-state index in [1.165, 1.54) is 17.1 Å². The fourth-order valence-electron chi connectivity index (χ4n) is 3.22. The summed E-state index contributed by atoms with van der Waals surface area (Å²) in [4.78, 5) is 29.5. The van der Waals surface area contributed by atoms with Gasteiger partial charge >= 0.3 is 0 Å². The Balaban J connectivity index is 1.60. The van der Waals surface area contributed by atoms with Gasteiger partial charge in [-0.25, -0.2) is 9.67 Å². The van der Waals surface area contributed by atoms with E-state index in [1.54, 1.807) is 4.68 Å². The molecule has 4 aromatic rings. The maximum atomic E-state index is 12.8. The van der Waals surface area contributed by atoms with Crippen LogP contribution in [0.3, 0.4) is 0 Å². The molecule has 0 saturated carbocycles. The van der Waals surface area contributed by atoms with Crippen molar-refractivity contribution in [3.8, 4) is 5.69 Å². The molecule has 0 atom stereocenters. The van der Waals surface area contributed by atoms with Gasteiger partial charge in [-0.3, -0.25) is 14.2 Å². The lowest BCUT2D eigenvalue weighted by molar-refractivity contribution is -0.116. The van der Waals surface area contributed by atoms with Crippen molar-refractivity contribution in [1.29, 1.82) is 0 Å². The van der Waals surface area contributed by atoms with Crippen LogP contribution in [0.25, 0.3) is 16.7 Å². The number of nitrogens with zero attached hydrogens (tertiary/aromatic N) is 4. The van der Waals surface area contributed by atoms with E-state index in [-0.39, 0.29) is 18.0 Å². The Morgan fingerprint density at radius 1 is 1.07 bits per heavy atom. The van der Waals surface area contributed by atoms with Crippen molar-refractivity contribution < 1.29 is 4.79 Å². The van der Waals surface area contributed by atoms with Crippen molar-refractivity contribution in [2.24, 2.45) is 0 Å². The number of anilines is 1. The van der Waals surface area contributed by atoms with Crippen LogP contribution in [-0.4, -0.2) is 25.2 Å². The number of rotatable bonds is 4. The second-order valence-electron chi connectivity index (χ2n) is 6.73. The normalized spacial score (nSPS) is 10.9. The predicted molar refractivity (Wildman–Crippen MR) is 108 cm³/mol. The number of para-hydroxylation sites is 1. The minimum Gasteiger partial charge on any atom is -0.325 e. The molecule has 0 fully saturated rings. The van der Waals surface area contributed by atoms with Crippen molar-refractivity contribution in [2.45, 2.75) is 20.4 Å². The van der Waals surface area contributed by atoms with E-state index >= 15 is 0 Å². The highest BCUT2D eigenvalue weighted by Gasteiger charge is 2.13. The molecule has 0 unspecified atom stereocenters. The Hall–Kier alpha value is -3.74. The number of amides is 1. The summed E-state index contributed by atoms with van der Waals surface area (Å²) >= 11 is 0. The molecule has 2 heterocycles. The van der Waals surface area contributed by atoms with Crippen molar-refractivity contribution >= 4 is 22.6 Å². The fraction of sp³-hybridized carbons (Fsp3) is 0.143. The van der Waals surface area contributed by atoms with Crippen LogP contribution in [0.2, 0.25) is 0 Å². The lowest BCUT2D eigenvalue weighted by Crippen LogP contribution is -2.27. The summed E-state index contributed by atoms with van der Waals surface area (Å²) in [6.45, 7) is 3.82. The molecule has 0 spiro atoms. The van der Waals surface area contributed by atoms with E-state index in [1.807, 2.05) is 62.4 Å². The number of nitrogens with one attached hydrogen (secondary N) is 1. The lowest BCUT2D eigenvalue weighted by Gasteiger charge is -2.09. The van der Waals surface area contributed by atoms with Gasteiger partial charge in [-0.1, -0.05) is 24.3 Å². The SMILES string of the molecule is Cc1cc(C)cc(NC(=O)Cn2cnc3c(cnn3-c3ccccc3)c2=O)c1. The van der Waals surface area contributed by atoms with E-state index in [2.05, 4.69) is 15.4 Å². The van der Waals surface area contributed by atoms with Gasteiger partial charge in [-0.2, -0.15) is 5.10 Å². The Labute approximate surface area is 161 Å². The molecule has 140 valence electrons. The minimum atomic E-state index is -0.303. The van der Waals surface area contributed by atoms with Gasteiger partial charge in [-0.15, -0.1) is 0 Å². The van der Waals surface area contributed by atoms with Gasteiger partial charge in [0.25, 0.3) is 5.56 Å². The third-order valence-electron chi connectivity index (χ3n) is 4.37. The molecular weight excluding hydrogens is 354 g/mol. The number of fused-ring (bicyclic) bond motifs is 1. The first kappa shape index (κ1) is 17.7. The first-order valence-corrected chi connectivity index (χ1v) is 8.88. The summed E-state index contributed by atoms with van der Waals surface area (Å²) in [6, 6.07) is 15.3. The molecule has 2 aromatic carbocycles. The fourth-order valence-corrected chi connectivity index (χ4v) is 3.22. The molecule has 2 aromatic heterocycles. The highest BCUT2D eigenvalue weighted by Crippen LogP contribution is 2.15. The van der Waals surface area contributed by atoms with Crippen LogP contribution in [0.4, 0.5) is 5.69 Å². The highest BCUT2D eigenvalue weighted by molar-refractivity contribution is 5.91. The Morgan fingerprint density at radius 2 is 1.79 bits per heavy atom. The van der Waals surface area contributed by atoms with Gasteiger partial charge in [0.05, 0.1) is 11.9 Å². The van der Waals surface area contributed by atoms with Crippen molar-refractivity contribution in [3.05, 3.63) is 82.5 Å². The molecule has 0 aliphatic heterocycles. The van der Waals surface area contributed by atoms with Crippen LogP contribution in [-0.2, 0) is 11.3 Å². The summed E-state index contributed by atoms with van der Waals surface area (Å²) in [6.07, 6.45) is 2.86. The number of aryl methyl sites for hydroxylation is 2. The zero-order valence-corrected chi connectivity index (χ0v) is 15.6. The summed E-state index contributed by atoms with van der Waals surface area (Å²) in [5.41, 5.74) is 3.80.